The van der Waals surface area contributed by atoms with Crippen LogP contribution >= 0.6 is 11.6 Å². The Morgan fingerprint density at radius 2 is 1.82 bits per heavy atom. The topological polar surface area (TPSA) is 54.4 Å². The van der Waals surface area contributed by atoms with Gasteiger partial charge in [0.25, 0.3) is 0 Å². The van der Waals surface area contributed by atoms with Crippen molar-refractivity contribution in [2.24, 2.45) is 0 Å². The number of ketones is 2. The van der Waals surface area contributed by atoms with Crippen LogP contribution in [0.1, 0.15) is 39.6 Å². The zero-order chi connectivity index (χ0) is 16.1. The molecule has 0 spiro atoms. The van der Waals surface area contributed by atoms with E-state index < -0.39 is 0 Å². The number of hydrogen-bond acceptors (Lipinski definition) is 3. The predicted molar refractivity (Wildman–Crippen MR) is 87.5 cm³/mol. The summed E-state index contributed by atoms with van der Waals surface area (Å²) in [5.41, 5.74) is 1.38. The summed E-state index contributed by atoms with van der Waals surface area (Å²) in [6.07, 6.45) is 3.37. The highest BCUT2D eigenvalue weighted by atomic mass is 35.5. The highest BCUT2D eigenvalue weighted by Crippen LogP contribution is 2.21. The van der Waals surface area contributed by atoms with Crippen molar-refractivity contribution in [1.29, 1.82) is 0 Å². The molecule has 0 amide bonds. The molecule has 3 nitrogen and oxygen atoms in total. The number of halogens is 1. The molecule has 4 heteroatoms. The van der Waals surface area contributed by atoms with Crippen LogP contribution in [-0.4, -0.2) is 16.7 Å². The van der Waals surface area contributed by atoms with Gasteiger partial charge in [0.05, 0.1) is 5.56 Å². The van der Waals surface area contributed by atoms with Gasteiger partial charge in [-0.25, -0.2) is 0 Å². The number of carbonyl (C=O) groups excluding carboxylic acids is 2. The number of aromatic hydroxyl groups is 1. The lowest BCUT2D eigenvalue weighted by molar-refractivity contribution is 0.0985. The number of carbonyl (C=O) groups is 2. The molecule has 112 valence electrons. The zero-order valence-corrected chi connectivity index (χ0v) is 12.8. The maximum Gasteiger partial charge on any atom is 0.185 e. The third-order valence-corrected chi connectivity index (χ3v) is 3.45. The lowest BCUT2D eigenvalue weighted by atomic mass is 10.0. The molecular formula is C18H15ClO3. The van der Waals surface area contributed by atoms with Gasteiger partial charge < -0.3 is 5.11 Å². The van der Waals surface area contributed by atoms with Crippen molar-refractivity contribution in [2.75, 3.05) is 0 Å². The molecule has 0 aliphatic carbocycles. The molecule has 0 saturated carbocycles. The number of allylic oxidation sites excluding steroid dienone is 1. The second-order valence-corrected chi connectivity index (χ2v) is 5.19. The predicted octanol–water partition coefficient (Wildman–Crippen LogP) is 4.53. The van der Waals surface area contributed by atoms with E-state index in [0.29, 0.717) is 10.6 Å². The Balaban J connectivity index is 2.22. The van der Waals surface area contributed by atoms with E-state index in [2.05, 4.69) is 0 Å². The van der Waals surface area contributed by atoms with E-state index in [-0.39, 0.29) is 29.3 Å². The van der Waals surface area contributed by atoms with E-state index >= 15 is 0 Å². The van der Waals surface area contributed by atoms with Gasteiger partial charge in [-0.3, -0.25) is 9.59 Å². The molecule has 0 saturated heterocycles. The lowest BCUT2D eigenvalue weighted by Gasteiger charge is -2.04. The minimum Gasteiger partial charge on any atom is -0.507 e. The third-order valence-electron chi connectivity index (χ3n) is 3.20. The van der Waals surface area contributed by atoms with Gasteiger partial charge in [-0.1, -0.05) is 36.7 Å². The number of benzene rings is 2. The minimum atomic E-state index is -0.236. The van der Waals surface area contributed by atoms with E-state index in [1.807, 2.05) is 0 Å². The fourth-order valence-corrected chi connectivity index (χ4v) is 2.07. The molecule has 1 N–H and O–H groups in total. The largest absolute Gasteiger partial charge is 0.507 e. The van der Waals surface area contributed by atoms with Crippen molar-refractivity contribution in [1.82, 2.24) is 0 Å². The van der Waals surface area contributed by atoms with Crippen LogP contribution in [0.3, 0.4) is 0 Å². The molecule has 0 unspecified atom stereocenters. The number of phenols is 1. The van der Waals surface area contributed by atoms with Gasteiger partial charge in [-0.2, -0.15) is 0 Å². The van der Waals surface area contributed by atoms with Gasteiger partial charge in [0, 0.05) is 17.0 Å². The monoisotopic (exact) mass is 314 g/mol. The SMILES string of the molecule is CCC(=O)c1cc(C(=O)C=Cc2ccc(Cl)cc2)ccc1O. The summed E-state index contributed by atoms with van der Waals surface area (Å²) in [6.45, 7) is 1.71. The molecule has 0 radical (unpaired) electrons. The average Bonchev–Trinajstić information content (AvgIpc) is 2.53. The van der Waals surface area contributed by atoms with Crippen molar-refractivity contribution >= 4 is 29.2 Å². The van der Waals surface area contributed by atoms with Crippen molar-refractivity contribution in [3.63, 3.8) is 0 Å². The normalized spacial score (nSPS) is 10.8. The van der Waals surface area contributed by atoms with Crippen molar-refractivity contribution in [3.05, 3.63) is 70.3 Å². The van der Waals surface area contributed by atoms with Crippen LogP contribution < -0.4 is 0 Å². The van der Waals surface area contributed by atoms with Crippen LogP contribution in [0.4, 0.5) is 0 Å². The molecule has 0 fully saturated rings. The quantitative estimate of drug-likeness (QED) is 0.651. The molecule has 0 heterocycles. The van der Waals surface area contributed by atoms with E-state index in [9.17, 15) is 14.7 Å². The number of phenolic OH excluding ortho intramolecular Hbond substituents is 1. The van der Waals surface area contributed by atoms with Crippen LogP contribution in [0.25, 0.3) is 6.08 Å². The van der Waals surface area contributed by atoms with Gasteiger partial charge in [-0.15, -0.1) is 0 Å². The van der Waals surface area contributed by atoms with Crippen LogP contribution in [0.15, 0.2) is 48.5 Å². The van der Waals surface area contributed by atoms with Crippen molar-refractivity contribution in [2.45, 2.75) is 13.3 Å². The van der Waals surface area contributed by atoms with E-state index in [1.54, 1.807) is 37.3 Å². The van der Waals surface area contributed by atoms with Crippen LogP contribution in [0.5, 0.6) is 5.75 Å². The number of rotatable bonds is 5. The van der Waals surface area contributed by atoms with Gasteiger partial charge >= 0.3 is 0 Å². The third kappa shape index (κ3) is 3.83. The molecule has 0 atom stereocenters. The summed E-state index contributed by atoms with van der Waals surface area (Å²) >= 11 is 5.80. The lowest BCUT2D eigenvalue weighted by Crippen LogP contribution is -2.01. The van der Waals surface area contributed by atoms with Crippen LogP contribution in [0, 0.1) is 0 Å². The van der Waals surface area contributed by atoms with Gasteiger partial charge in [-0.05, 0) is 42.0 Å². The molecule has 2 rings (SSSR count). The Labute approximate surface area is 133 Å². The summed E-state index contributed by atoms with van der Waals surface area (Å²) in [6, 6.07) is 11.4. The van der Waals surface area contributed by atoms with E-state index in [0.717, 1.165) is 5.56 Å². The molecule has 2 aromatic carbocycles. The Morgan fingerprint density at radius 3 is 2.45 bits per heavy atom. The van der Waals surface area contributed by atoms with Crippen LogP contribution in [0.2, 0.25) is 5.02 Å². The van der Waals surface area contributed by atoms with Crippen molar-refractivity contribution in [3.8, 4) is 5.75 Å². The maximum absolute atomic E-state index is 12.2. The maximum atomic E-state index is 12.2. The molecule has 0 bridgehead atoms. The van der Waals surface area contributed by atoms with Gasteiger partial charge in [0.1, 0.15) is 5.75 Å². The Hall–Kier alpha value is -2.39. The first kappa shape index (κ1) is 16.0. The fourth-order valence-electron chi connectivity index (χ4n) is 1.95. The minimum absolute atomic E-state index is 0.106. The standard InChI is InChI=1S/C18H15ClO3/c1-2-16(20)15-11-13(6-10-18(15)22)17(21)9-5-12-3-7-14(19)8-4-12/h3-11,22H,2H2,1H3. The first-order valence-electron chi connectivity index (χ1n) is 6.85. The fraction of sp³-hybridized carbons (Fsp3) is 0.111. The summed E-state index contributed by atoms with van der Waals surface area (Å²) in [7, 11) is 0. The number of hydrogen-bond donors (Lipinski definition) is 1. The number of Topliss-reactive ketones (excluding diaryl/α,β-unsaturated/α-hetero) is 1. The van der Waals surface area contributed by atoms with E-state index in [1.165, 1.54) is 24.3 Å². The summed E-state index contributed by atoms with van der Waals surface area (Å²) in [5.74, 6) is -0.543. The molecule has 0 aliphatic heterocycles. The summed E-state index contributed by atoms with van der Waals surface area (Å²) < 4.78 is 0. The average molecular weight is 315 g/mol. The molecule has 2 aromatic rings. The molecular weight excluding hydrogens is 300 g/mol. The highest BCUT2D eigenvalue weighted by Gasteiger charge is 2.12. The Bertz CT molecular complexity index is 730. The molecule has 22 heavy (non-hydrogen) atoms. The first-order valence-corrected chi connectivity index (χ1v) is 7.23. The second-order valence-electron chi connectivity index (χ2n) is 4.76. The first-order chi connectivity index (χ1) is 10.5. The summed E-state index contributed by atoms with van der Waals surface area (Å²) in [4.78, 5) is 23.9. The van der Waals surface area contributed by atoms with Crippen LogP contribution in [-0.2, 0) is 0 Å². The Morgan fingerprint density at radius 1 is 1.14 bits per heavy atom. The second kappa shape index (κ2) is 7.05. The zero-order valence-electron chi connectivity index (χ0n) is 12.0. The highest BCUT2D eigenvalue weighted by molar-refractivity contribution is 6.30. The van der Waals surface area contributed by atoms with Gasteiger partial charge in [0.15, 0.2) is 11.6 Å². The molecule has 0 aliphatic rings. The Kier molecular flexibility index (Phi) is 5.12. The molecule has 0 aromatic heterocycles. The van der Waals surface area contributed by atoms with E-state index in [4.69, 9.17) is 11.6 Å². The smallest absolute Gasteiger partial charge is 0.185 e. The summed E-state index contributed by atoms with van der Waals surface area (Å²) in [5, 5.41) is 10.3. The van der Waals surface area contributed by atoms with Gasteiger partial charge in [0.2, 0.25) is 0 Å². The van der Waals surface area contributed by atoms with Crippen molar-refractivity contribution < 1.29 is 14.7 Å².